The molecule has 10 rings (SSSR count). The van der Waals surface area contributed by atoms with Crippen LogP contribution in [-0.2, 0) is 5.41 Å². The van der Waals surface area contributed by atoms with Gasteiger partial charge in [-0.05, 0) is 103 Å². The van der Waals surface area contributed by atoms with Crippen LogP contribution < -0.4 is 4.90 Å². The molecule has 1 aliphatic rings. The van der Waals surface area contributed by atoms with Crippen LogP contribution in [0.2, 0.25) is 0 Å². The Morgan fingerprint density at radius 1 is 0.404 bits per heavy atom. The van der Waals surface area contributed by atoms with E-state index in [-0.39, 0.29) is 0 Å². The molecule has 0 spiro atoms. The Hall–Kier alpha value is -6.96. The molecule has 57 heavy (non-hydrogen) atoms. The summed E-state index contributed by atoms with van der Waals surface area (Å²) in [6.45, 7) is 4.64. The van der Waals surface area contributed by atoms with Crippen LogP contribution in [0.1, 0.15) is 47.6 Å². The van der Waals surface area contributed by atoms with Crippen molar-refractivity contribution in [1.29, 1.82) is 0 Å². The quantitative estimate of drug-likeness (QED) is 0.151. The fourth-order valence-electron chi connectivity index (χ4n) is 9.39. The van der Waals surface area contributed by atoms with Gasteiger partial charge in [0.25, 0.3) is 0 Å². The molecule has 0 aromatic heterocycles. The first-order chi connectivity index (χ1) is 28.1. The predicted octanol–water partition coefficient (Wildman–Crippen LogP) is 15.1. The van der Waals surface area contributed by atoms with Crippen molar-refractivity contribution in [3.63, 3.8) is 0 Å². The van der Waals surface area contributed by atoms with Crippen molar-refractivity contribution in [3.8, 4) is 33.4 Å². The van der Waals surface area contributed by atoms with Crippen LogP contribution in [0.25, 0.3) is 44.2 Å². The molecule has 9 aromatic rings. The van der Waals surface area contributed by atoms with Crippen LogP contribution in [0.3, 0.4) is 0 Å². The second-order valence-electron chi connectivity index (χ2n) is 15.4. The molecule has 0 atom stereocenters. The van der Waals surface area contributed by atoms with Crippen LogP contribution in [0.15, 0.2) is 218 Å². The summed E-state index contributed by atoms with van der Waals surface area (Å²) in [5, 5.41) is 2.45. The summed E-state index contributed by atoms with van der Waals surface area (Å²) in [5.41, 5.74) is 16.8. The number of benzene rings is 9. The van der Waals surface area contributed by atoms with E-state index in [1.54, 1.807) is 0 Å². The van der Waals surface area contributed by atoms with Crippen LogP contribution >= 0.6 is 0 Å². The smallest absolute Gasteiger partial charge is 0.0714 e. The first-order valence-electron chi connectivity index (χ1n) is 20.0. The van der Waals surface area contributed by atoms with Crippen LogP contribution in [0.5, 0.6) is 0 Å². The number of anilines is 3. The van der Waals surface area contributed by atoms with Crippen molar-refractivity contribution in [3.05, 3.63) is 246 Å². The van der Waals surface area contributed by atoms with Gasteiger partial charge in [-0.3, -0.25) is 0 Å². The van der Waals surface area contributed by atoms with Crippen molar-refractivity contribution in [2.75, 3.05) is 4.90 Å². The lowest BCUT2D eigenvalue weighted by molar-refractivity contribution is 0.765. The lowest BCUT2D eigenvalue weighted by Gasteiger charge is -2.35. The maximum absolute atomic E-state index is 2.49. The summed E-state index contributed by atoms with van der Waals surface area (Å²) >= 11 is 0. The maximum atomic E-state index is 2.49. The molecule has 0 bridgehead atoms. The number of rotatable bonds is 8. The molecule has 9 aromatic carbocycles. The molecule has 0 unspecified atom stereocenters. The van der Waals surface area contributed by atoms with Crippen molar-refractivity contribution in [2.24, 2.45) is 0 Å². The SMILES string of the molecule is CC(C)c1cccc2c1-c1ccc(N(c3ccc(-c4ccccc4)cc3)c3ccc4ccccc4c3-c3ccccc3)cc1C2(c1ccccc1)c1ccccc1. The number of hydrogen-bond acceptors (Lipinski definition) is 1. The van der Waals surface area contributed by atoms with Gasteiger partial charge in [-0.25, -0.2) is 0 Å². The summed E-state index contributed by atoms with van der Waals surface area (Å²) in [7, 11) is 0. The standard InChI is InChI=1S/C56H43N/c1-39(2)48-28-17-29-51-55(48)50-36-35-47(38-52(50)56(51,44-23-11-5-12-24-44)45-25-13-6-14-26-45)57(46-33-30-41(31-34-46)40-18-7-3-8-19-40)53-37-32-42-20-15-16-27-49(42)54(53)43-21-9-4-10-22-43/h3-39H,1-2H3. The Kier molecular flexibility index (Phi) is 8.65. The highest BCUT2D eigenvalue weighted by molar-refractivity contribution is 6.05. The second kappa shape index (κ2) is 14.3. The monoisotopic (exact) mass is 729 g/mol. The molecule has 0 heterocycles. The molecule has 1 aliphatic carbocycles. The van der Waals surface area contributed by atoms with Gasteiger partial charge >= 0.3 is 0 Å². The third-order valence-electron chi connectivity index (χ3n) is 11.9. The zero-order valence-corrected chi connectivity index (χ0v) is 32.3. The first-order valence-corrected chi connectivity index (χ1v) is 20.0. The molecule has 0 amide bonds. The maximum Gasteiger partial charge on any atom is 0.0714 e. The summed E-state index contributed by atoms with van der Waals surface area (Å²) in [6, 6.07) is 80.5. The molecule has 0 aliphatic heterocycles. The highest BCUT2D eigenvalue weighted by atomic mass is 15.1. The summed E-state index contributed by atoms with van der Waals surface area (Å²) in [5.74, 6) is 0.362. The fourth-order valence-corrected chi connectivity index (χ4v) is 9.39. The molecular formula is C56H43N. The van der Waals surface area contributed by atoms with E-state index in [2.05, 4.69) is 237 Å². The molecule has 0 fully saturated rings. The normalized spacial score (nSPS) is 12.7. The van der Waals surface area contributed by atoms with Gasteiger partial charge in [0.1, 0.15) is 0 Å². The van der Waals surface area contributed by atoms with Gasteiger partial charge in [-0.15, -0.1) is 0 Å². The Labute approximate surface area is 336 Å². The zero-order valence-electron chi connectivity index (χ0n) is 32.3. The molecule has 1 nitrogen and oxygen atoms in total. The van der Waals surface area contributed by atoms with E-state index in [1.165, 1.54) is 72.0 Å². The average Bonchev–Trinajstić information content (AvgIpc) is 3.58. The van der Waals surface area contributed by atoms with Crippen molar-refractivity contribution in [1.82, 2.24) is 0 Å². The predicted molar refractivity (Wildman–Crippen MR) is 241 cm³/mol. The van der Waals surface area contributed by atoms with Crippen LogP contribution in [0, 0.1) is 0 Å². The van der Waals surface area contributed by atoms with Crippen molar-refractivity contribution in [2.45, 2.75) is 25.2 Å². The number of hydrogen-bond donors (Lipinski definition) is 0. The molecule has 0 N–H and O–H groups in total. The first kappa shape index (κ1) is 34.5. The van der Waals surface area contributed by atoms with Gasteiger partial charge in [0.2, 0.25) is 0 Å². The topological polar surface area (TPSA) is 3.24 Å². The zero-order chi connectivity index (χ0) is 38.3. The highest BCUT2D eigenvalue weighted by Crippen LogP contribution is 2.59. The van der Waals surface area contributed by atoms with E-state index < -0.39 is 5.41 Å². The van der Waals surface area contributed by atoms with Gasteiger partial charge in [0.05, 0.1) is 11.1 Å². The van der Waals surface area contributed by atoms with Crippen molar-refractivity contribution >= 4 is 27.8 Å². The van der Waals surface area contributed by atoms with Crippen molar-refractivity contribution < 1.29 is 0 Å². The number of nitrogens with zero attached hydrogens (tertiary/aromatic N) is 1. The summed E-state index contributed by atoms with van der Waals surface area (Å²) < 4.78 is 0. The lowest BCUT2D eigenvalue weighted by atomic mass is 9.67. The second-order valence-corrected chi connectivity index (χ2v) is 15.4. The van der Waals surface area contributed by atoms with Crippen LogP contribution in [-0.4, -0.2) is 0 Å². The highest BCUT2D eigenvalue weighted by Gasteiger charge is 2.47. The van der Waals surface area contributed by atoms with E-state index in [1.807, 2.05) is 0 Å². The molecule has 1 heteroatoms. The van der Waals surface area contributed by atoms with E-state index in [0.29, 0.717) is 5.92 Å². The molecule has 272 valence electrons. The minimum absolute atomic E-state index is 0.362. The van der Waals surface area contributed by atoms with Gasteiger partial charge < -0.3 is 4.90 Å². The molecular weight excluding hydrogens is 687 g/mol. The van der Waals surface area contributed by atoms with E-state index in [4.69, 9.17) is 0 Å². The Balaban J connectivity index is 1.29. The van der Waals surface area contributed by atoms with Gasteiger partial charge in [0.15, 0.2) is 0 Å². The third kappa shape index (κ3) is 5.69. The molecule has 0 saturated heterocycles. The Bertz CT molecular complexity index is 2800. The summed E-state index contributed by atoms with van der Waals surface area (Å²) in [4.78, 5) is 2.48. The Morgan fingerprint density at radius 2 is 0.965 bits per heavy atom. The van der Waals surface area contributed by atoms with Gasteiger partial charge in [-0.2, -0.15) is 0 Å². The van der Waals surface area contributed by atoms with Crippen LogP contribution in [0.4, 0.5) is 17.1 Å². The lowest BCUT2D eigenvalue weighted by Crippen LogP contribution is -2.28. The number of fused-ring (bicyclic) bond motifs is 4. The minimum atomic E-state index is -0.525. The average molecular weight is 730 g/mol. The summed E-state index contributed by atoms with van der Waals surface area (Å²) in [6.07, 6.45) is 0. The molecule has 0 radical (unpaired) electrons. The molecule has 0 saturated carbocycles. The van der Waals surface area contributed by atoms with E-state index in [9.17, 15) is 0 Å². The van der Waals surface area contributed by atoms with Gasteiger partial charge in [0, 0.05) is 16.9 Å². The minimum Gasteiger partial charge on any atom is -0.310 e. The van der Waals surface area contributed by atoms with E-state index >= 15 is 0 Å². The fraction of sp³-hybridized carbons (Fsp3) is 0.0714. The van der Waals surface area contributed by atoms with Gasteiger partial charge in [-0.1, -0.05) is 202 Å². The third-order valence-corrected chi connectivity index (χ3v) is 11.9. The Morgan fingerprint density at radius 3 is 1.61 bits per heavy atom. The largest absolute Gasteiger partial charge is 0.310 e. The van der Waals surface area contributed by atoms with E-state index in [0.717, 1.165) is 17.1 Å².